The van der Waals surface area contributed by atoms with Gasteiger partial charge in [0.2, 0.25) is 15.8 Å². The summed E-state index contributed by atoms with van der Waals surface area (Å²) in [6.07, 6.45) is 1.76. The van der Waals surface area contributed by atoms with Gasteiger partial charge in [-0.1, -0.05) is 0 Å². The van der Waals surface area contributed by atoms with Crippen LogP contribution in [-0.2, 0) is 10.0 Å². The van der Waals surface area contributed by atoms with Crippen molar-refractivity contribution in [3.05, 3.63) is 33.6 Å². The molecule has 0 heterocycles. The molecule has 9 heteroatoms. The first kappa shape index (κ1) is 17.5. The maximum Gasteiger partial charge on any atom is 0.306 e. The summed E-state index contributed by atoms with van der Waals surface area (Å²) >= 11 is 0. The predicted molar refractivity (Wildman–Crippen MR) is 73.9 cm³/mol. The number of nitrogens with zero attached hydrogens (tertiary/aromatic N) is 1. The van der Waals surface area contributed by atoms with Gasteiger partial charge in [-0.05, 0) is 37.8 Å². The fourth-order valence-electron chi connectivity index (χ4n) is 1.77. The van der Waals surface area contributed by atoms with E-state index in [-0.39, 0.29) is 23.6 Å². The van der Waals surface area contributed by atoms with Crippen LogP contribution in [-0.4, -0.2) is 31.6 Å². The molecule has 1 aromatic rings. The van der Waals surface area contributed by atoms with Gasteiger partial charge in [0.05, 0.1) is 9.82 Å². The molecule has 0 bridgehead atoms. The Labute approximate surface area is 122 Å². The third kappa shape index (κ3) is 4.73. The molecule has 0 aromatic heterocycles. The quantitative estimate of drug-likeness (QED) is 0.428. The molecule has 0 aliphatic rings. The van der Waals surface area contributed by atoms with Crippen LogP contribution in [0, 0.1) is 22.9 Å². The fraction of sp³-hybridized carbons (Fsp3) is 0.500. The van der Waals surface area contributed by atoms with Gasteiger partial charge in [0.15, 0.2) is 0 Å². The molecule has 0 spiro atoms. The number of nitro groups is 1. The van der Waals surface area contributed by atoms with Crippen molar-refractivity contribution in [2.45, 2.75) is 31.1 Å². The summed E-state index contributed by atoms with van der Waals surface area (Å²) in [5.74, 6) is -1.07. The highest BCUT2D eigenvalue weighted by Gasteiger charge is 2.23. The minimum absolute atomic E-state index is 0.0377. The van der Waals surface area contributed by atoms with Crippen molar-refractivity contribution >= 4 is 15.7 Å². The first-order valence-corrected chi connectivity index (χ1v) is 7.83. The van der Waals surface area contributed by atoms with E-state index in [0.717, 1.165) is 12.1 Å². The van der Waals surface area contributed by atoms with Crippen molar-refractivity contribution in [1.82, 2.24) is 4.72 Å². The Hall–Kier alpha value is -1.58. The zero-order valence-corrected chi connectivity index (χ0v) is 12.3. The van der Waals surface area contributed by atoms with E-state index in [1.54, 1.807) is 0 Å². The molecule has 0 aliphatic carbocycles. The molecule has 0 unspecified atom stereocenters. The number of halogens is 1. The van der Waals surface area contributed by atoms with E-state index in [2.05, 4.69) is 4.72 Å². The highest BCUT2D eigenvalue weighted by Crippen LogP contribution is 2.25. The first-order chi connectivity index (χ1) is 9.79. The van der Waals surface area contributed by atoms with Crippen LogP contribution in [0.15, 0.2) is 17.0 Å². The minimum atomic E-state index is -3.93. The number of rotatable bonds is 8. The monoisotopic (exact) mass is 320 g/mol. The lowest BCUT2D eigenvalue weighted by atomic mass is 10.2. The lowest BCUT2D eigenvalue weighted by Gasteiger charge is -2.09. The van der Waals surface area contributed by atoms with Crippen LogP contribution in [0.5, 0.6) is 0 Å². The molecule has 7 nitrogen and oxygen atoms in total. The maximum absolute atomic E-state index is 13.4. The van der Waals surface area contributed by atoms with Gasteiger partial charge >= 0.3 is 5.69 Å². The minimum Gasteiger partial charge on any atom is -0.396 e. The lowest BCUT2D eigenvalue weighted by molar-refractivity contribution is -0.387. The van der Waals surface area contributed by atoms with Gasteiger partial charge < -0.3 is 5.11 Å². The normalized spacial score (nSPS) is 11.6. The Balaban J connectivity index is 2.92. The molecular weight excluding hydrogens is 303 g/mol. The number of hydrogen-bond donors (Lipinski definition) is 2. The SMILES string of the molecule is Cc1cc(F)c([N+](=O)[O-])cc1S(=O)(=O)NCCCCCO. The summed E-state index contributed by atoms with van der Waals surface area (Å²) < 4.78 is 39.8. The van der Waals surface area contributed by atoms with Gasteiger partial charge in [-0.2, -0.15) is 4.39 Å². The zero-order chi connectivity index (χ0) is 16.0. The van der Waals surface area contributed by atoms with Crippen LogP contribution in [0.2, 0.25) is 0 Å². The number of hydrogen-bond acceptors (Lipinski definition) is 5. The second-order valence-corrected chi connectivity index (χ2v) is 6.24. The van der Waals surface area contributed by atoms with E-state index in [1.807, 2.05) is 0 Å². The molecule has 0 saturated carbocycles. The van der Waals surface area contributed by atoms with Gasteiger partial charge in [0.1, 0.15) is 0 Å². The fourth-order valence-corrected chi connectivity index (χ4v) is 3.09. The van der Waals surface area contributed by atoms with E-state index >= 15 is 0 Å². The molecule has 0 fully saturated rings. The molecular formula is C12H17FN2O5S. The average molecular weight is 320 g/mol. The smallest absolute Gasteiger partial charge is 0.306 e. The van der Waals surface area contributed by atoms with Gasteiger partial charge in [-0.15, -0.1) is 0 Å². The van der Waals surface area contributed by atoms with E-state index in [0.29, 0.717) is 19.3 Å². The summed E-state index contributed by atoms with van der Waals surface area (Å²) in [7, 11) is -3.93. The summed E-state index contributed by atoms with van der Waals surface area (Å²) in [5, 5.41) is 19.3. The highest BCUT2D eigenvalue weighted by atomic mass is 32.2. The third-order valence-electron chi connectivity index (χ3n) is 2.86. The van der Waals surface area contributed by atoms with Crippen molar-refractivity contribution in [2.75, 3.05) is 13.2 Å². The second-order valence-electron chi connectivity index (χ2n) is 4.51. The van der Waals surface area contributed by atoms with Crippen molar-refractivity contribution in [1.29, 1.82) is 0 Å². The van der Waals surface area contributed by atoms with E-state index in [4.69, 9.17) is 5.11 Å². The Morgan fingerprint density at radius 1 is 1.33 bits per heavy atom. The molecule has 0 saturated heterocycles. The third-order valence-corrected chi connectivity index (χ3v) is 4.46. The Morgan fingerprint density at radius 3 is 2.57 bits per heavy atom. The van der Waals surface area contributed by atoms with Crippen LogP contribution in [0.25, 0.3) is 0 Å². The average Bonchev–Trinajstić information content (AvgIpc) is 2.37. The highest BCUT2D eigenvalue weighted by molar-refractivity contribution is 7.89. The summed E-state index contributed by atoms with van der Waals surface area (Å²) in [4.78, 5) is 9.40. The van der Waals surface area contributed by atoms with E-state index in [1.165, 1.54) is 6.92 Å². The number of nitrogens with one attached hydrogen (secondary N) is 1. The molecule has 0 aliphatic heterocycles. The number of aliphatic hydroxyl groups is 1. The molecule has 21 heavy (non-hydrogen) atoms. The van der Waals surface area contributed by atoms with Crippen LogP contribution >= 0.6 is 0 Å². The Bertz CT molecular complexity index is 618. The summed E-state index contributed by atoms with van der Waals surface area (Å²) in [5.41, 5.74) is -0.776. The molecule has 118 valence electrons. The number of benzene rings is 1. The largest absolute Gasteiger partial charge is 0.396 e. The van der Waals surface area contributed by atoms with Crippen LogP contribution in [0.4, 0.5) is 10.1 Å². The van der Waals surface area contributed by atoms with Gasteiger partial charge in [-0.3, -0.25) is 10.1 Å². The number of sulfonamides is 1. The standard InChI is InChI=1S/C12H17FN2O5S/c1-9-7-10(13)11(15(17)18)8-12(9)21(19,20)14-5-3-2-4-6-16/h7-8,14,16H,2-6H2,1H3. The van der Waals surface area contributed by atoms with Gasteiger partial charge in [0.25, 0.3) is 0 Å². The molecule has 0 atom stereocenters. The lowest BCUT2D eigenvalue weighted by Crippen LogP contribution is -2.25. The van der Waals surface area contributed by atoms with Crippen LogP contribution in [0.3, 0.4) is 0 Å². The predicted octanol–water partition coefficient (Wildman–Crippen LogP) is 1.48. The molecule has 1 rings (SSSR count). The second kappa shape index (κ2) is 7.43. The van der Waals surface area contributed by atoms with Crippen molar-refractivity contribution < 1.29 is 22.8 Å². The van der Waals surface area contributed by atoms with Crippen molar-refractivity contribution in [3.63, 3.8) is 0 Å². The van der Waals surface area contributed by atoms with Gasteiger partial charge in [0, 0.05) is 19.2 Å². The number of aryl methyl sites for hydroxylation is 1. The molecule has 0 amide bonds. The number of nitro benzene ring substituents is 1. The number of unbranched alkanes of at least 4 members (excludes halogenated alkanes) is 2. The van der Waals surface area contributed by atoms with Crippen LogP contribution in [0.1, 0.15) is 24.8 Å². The Morgan fingerprint density at radius 2 is 2.00 bits per heavy atom. The topological polar surface area (TPSA) is 110 Å². The van der Waals surface area contributed by atoms with E-state index < -0.39 is 26.5 Å². The number of aliphatic hydroxyl groups excluding tert-OH is 1. The molecule has 2 N–H and O–H groups in total. The summed E-state index contributed by atoms with van der Waals surface area (Å²) in [6, 6.07) is 1.55. The molecule has 0 radical (unpaired) electrons. The summed E-state index contributed by atoms with van der Waals surface area (Å²) in [6.45, 7) is 1.55. The van der Waals surface area contributed by atoms with Crippen LogP contribution < -0.4 is 4.72 Å². The molecule has 1 aromatic carbocycles. The maximum atomic E-state index is 13.4. The Kier molecular flexibility index (Phi) is 6.19. The van der Waals surface area contributed by atoms with Gasteiger partial charge in [-0.25, -0.2) is 13.1 Å². The first-order valence-electron chi connectivity index (χ1n) is 6.34. The van der Waals surface area contributed by atoms with Crippen molar-refractivity contribution in [2.24, 2.45) is 0 Å². The zero-order valence-electron chi connectivity index (χ0n) is 11.5. The van der Waals surface area contributed by atoms with E-state index in [9.17, 15) is 22.9 Å². The van der Waals surface area contributed by atoms with Crippen molar-refractivity contribution in [3.8, 4) is 0 Å².